The zero-order chi connectivity index (χ0) is 16.7. The van der Waals surface area contributed by atoms with Crippen molar-refractivity contribution in [2.24, 2.45) is 0 Å². The van der Waals surface area contributed by atoms with Crippen molar-refractivity contribution in [3.8, 4) is 0 Å². The lowest BCUT2D eigenvalue weighted by Gasteiger charge is -2.22. The van der Waals surface area contributed by atoms with E-state index in [0.29, 0.717) is 12.4 Å². The first-order valence-electron chi connectivity index (χ1n) is 7.91. The van der Waals surface area contributed by atoms with Gasteiger partial charge in [-0.05, 0) is 24.6 Å². The van der Waals surface area contributed by atoms with Gasteiger partial charge in [-0.15, -0.1) is 10.2 Å². The summed E-state index contributed by atoms with van der Waals surface area (Å²) in [6.07, 6.45) is -1.61. The number of hydrogen-bond acceptors (Lipinski definition) is 7. The Labute approximate surface area is 139 Å². The lowest BCUT2D eigenvalue weighted by atomic mass is 10.1. The molecule has 0 radical (unpaired) electrons. The molecule has 0 saturated carbocycles. The first-order valence-corrected chi connectivity index (χ1v) is 7.91. The second kappa shape index (κ2) is 5.89. The fourth-order valence-corrected chi connectivity index (χ4v) is 3.14. The van der Waals surface area contributed by atoms with Crippen LogP contribution in [0.5, 0.6) is 0 Å². The molecule has 128 valence electrons. The SMILES string of the molecule is COC1O[C@H](c2nnn(Cc3ccccc3)n2)[C@H]2OC(C)(C)O[C@@H]12. The number of ether oxygens (including phenoxy) is 4. The van der Waals surface area contributed by atoms with Crippen molar-refractivity contribution in [3.05, 3.63) is 41.7 Å². The number of methoxy groups -OCH3 is 1. The molecular weight excluding hydrogens is 312 g/mol. The predicted molar refractivity (Wildman–Crippen MR) is 81.8 cm³/mol. The fourth-order valence-electron chi connectivity index (χ4n) is 3.14. The molecule has 2 aliphatic heterocycles. The van der Waals surface area contributed by atoms with Gasteiger partial charge >= 0.3 is 0 Å². The second-order valence-corrected chi connectivity index (χ2v) is 6.39. The lowest BCUT2D eigenvalue weighted by Crippen LogP contribution is -2.30. The van der Waals surface area contributed by atoms with E-state index >= 15 is 0 Å². The molecule has 0 spiro atoms. The van der Waals surface area contributed by atoms with E-state index in [1.54, 1.807) is 11.9 Å². The average Bonchev–Trinajstić information content (AvgIpc) is 3.21. The molecule has 2 aliphatic rings. The Morgan fingerprint density at radius 1 is 1.17 bits per heavy atom. The number of aromatic nitrogens is 4. The molecule has 4 rings (SSSR count). The average molecular weight is 332 g/mol. The molecule has 0 bridgehead atoms. The molecule has 4 atom stereocenters. The van der Waals surface area contributed by atoms with Gasteiger partial charge in [0.1, 0.15) is 12.2 Å². The van der Waals surface area contributed by atoms with E-state index in [9.17, 15) is 0 Å². The highest BCUT2D eigenvalue weighted by molar-refractivity contribution is 5.14. The summed E-state index contributed by atoms with van der Waals surface area (Å²) in [7, 11) is 1.58. The normalized spacial score (nSPS) is 31.3. The number of benzene rings is 1. The second-order valence-electron chi connectivity index (χ2n) is 6.39. The first kappa shape index (κ1) is 15.6. The van der Waals surface area contributed by atoms with Gasteiger partial charge in [0.05, 0.1) is 6.54 Å². The molecular formula is C16H20N4O4. The van der Waals surface area contributed by atoms with E-state index in [1.165, 1.54) is 0 Å². The molecule has 2 saturated heterocycles. The summed E-state index contributed by atoms with van der Waals surface area (Å²) >= 11 is 0. The maximum atomic E-state index is 5.96. The molecule has 0 amide bonds. The van der Waals surface area contributed by atoms with Gasteiger partial charge < -0.3 is 18.9 Å². The first-order chi connectivity index (χ1) is 11.6. The maximum absolute atomic E-state index is 5.96. The maximum Gasteiger partial charge on any atom is 0.206 e. The summed E-state index contributed by atoms with van der Waals surface area (Å²) in [5.74, 6) is -0.212. The quantitative estimate of drug-likeness (QED) is 0.834. The molecule has 2 fully saturated rings. The smallest absolute Gasteiger partial charge is 0.206 e. The van der Waals surface area contributed by atoms with Crippen molar-refractivity contribution in [3.63, 3.8) is 0 Å². The van der Waals surface area contributed by atoms with Crippen LogP contribution in [0.3, 0.4) is 0 Å². The third-order valence-corrected chi connectivity index (χ3v) is 4.13. The topological polar surface area (TPSA) is 80.5 Å². The van der Waals surface area contributed by atoms with Gasteiger partial charge in [-0.25, -0.2) is 0 Å². The van der Waals surface area contributed by atoms with Crippen molar-refractivity contribution in [1.82, 2.24) is 20.2 Å². The van der Waals surface area contributed by atoms with Crippen LogP contribution in [-0.4, -0.2) is 51.6 Å². The Hall–Kier alpha value is -1.87. The van der Waals surface area contributed by atoms with Gasteiger partial charge in [0, 0.05) is 7.11 Å². The van der Waals surface area contributed by atoms with Crippen LogP contribution in [0.25, 0.3) is 0 Å². The third-order valence-electron chi connectivity index (χ3n) is 4.13. The number of nitrogens with zero attached hydrogens (tertiary/aromatic N) is 4. The van der Waals surface area contributed by atoms with Crippen LogP contribution >= 0.6 is 0 Å². The Kier molecular flexibility index (Phi) is 3.84. The highest BCUT2D eigenvalue weighted by atomic mass is 16.8. The van der Waals surface area contributed by atoms with Crippen molar-refractivity contribution in [1.29, 1.82) is 0 Å². The van der Waals surface area contributed by atoms with E-state index in [1.807, 2.05) is 44.2 Å². The van der Waals surface area contributed by atoms with E-state index in [-0.39, 0.29) is 12.2 Å². The zero-order valence-electron chi connectivity index (χ0n) is 13.8. The minimum atomic E-state index is -0.686. The van der Waals surface area contributed by atoms with Crippen molar-refractivity contribution in [2.45, 2.75) is 50.8 Å². The molecule has 1 aromatic carbocycles. The van der Waals surface area contributed by atoms with Gasteiger partial charge in [-0.3, -0.25) is 0 Å². The number of rotatable bonds is 4. The minimum Gasteiger partial charge on any atom is -0.353 e. The summed E-state index contributed by atoms with van der Waals surface area (Å²) in [6, 6.07) is 9.96. The largest absolute Gasteiger partial charge is 0.353 e. The molecule has 8 nitrogen and oxygen atoms in total. The zero-order valence-corrected chi connectivity index (χ0v) is 13.8. The fraction of sp³-hybridized carbons (Fsp3) is 0.562. The summed E-state index contributed by atoms with van der Waals surface area (Å²) in [5.41, 5.74) is 1.10. The molecule has 24 heavy (non-hydrogen) atoms. The van der Waals surface area contributed by atoms with Crippen molar-refractivity contribution < 1.29 is 18.9 Å². The van der Waals surface area contributed by atoms with Crippen molar-refractivity contribution >= 4 is 0 Å². The molecule has 1 unspecified atom stereocenters. The van der Waals surface area contributed by atoms with Gasteiger partial charge in [0.2, 0.25) is 5.82 Å². The van der Waals surface area contributed by atoms with E-state index in [2.05, 4.69) is 15.4 Å². The van der Waals surface area contributed by atoms with E-state index < -0.39 is 18.2 Å². The summed E-state index contributed by atoms with van der Waals surface area (Å²) in [5, 5.41) is 12.7. The Morgan fingerprint density at radius 2 is 1.92 bits per heavy atom. The highest BCUT2D eigenvalue weighted by Crippen LogP contribution is 2.44. The molecule has 8 heteroatoms. The van der Waals surface area contributed by atoms with Crippen molar-refractivity contribution in [2.75, 3.05) is 7.11 Å². The van der Waals surface area contributed by atoms with Crippen LogP contribution < -0.4 is 0 Å². The van der Waals surface area contributed by atoms with Crippen LogP contribution in [0, 0.1) is 0 Å². The van der Waals surface area contributed by atoms with Crippen LogP contribution in [0.2, 0.25) is 0 Å². The summed E-state index contributed by atoms with van der Waals surface area (Å²) < 4.78 is 23.1. The Balaban J connectivity index is 1.54. The molecule has 1 aromatic heterocycles. The molecule has 0 aliphatic carbocycles. The monoisotopic (exact) mass is 332 g/mol. The molecule has 3 heterocycles. The van der Waals surface area contributed by atoms with Gasteiger partial charge in [-0.1, -0.05) is 30.3 Å². The lowest BCUT2D eigenvalue weighted by molar-refractivity contribution is -0.229. The standard InChI is InChI=1S/C16H20N4O4/c1-16(2)23-11-12(22-15(21-3)13(11)24-16)14-17-19-20(18-14)9-10-7-5-4-6-8-10/h4-8,11-13,15H,9H2,1-3H3/t11-,12+,13-,15?/m1/s1. The summed E-state index contributed by atoms with van der Waals surface area (Å²) in [4.78, 5) is 1.55. The van der Waals surface area contributed by atoms with Gasteiger partial charge in [0.15, 0.2) is 18.2 Å². The number of hydrogen-bond donors (Lipinski definition) is 0. The van der Waals surface area contributed by atoms with Crippen LogP contribution in [0.1, 0.15) is 31.3 Å². The van der Waals surface area contributed by atoms with Crippen LogP contribution in [-0.2, 0) is 25.5 Å². The van der Waals surface area contributed by atoms with E-state index in [4.69, 9.17) is 18.9 Å². The minimum absolute atomic E-state index is 0.309. The van der Waals surface area contributed by atoms with Crippen LogP contribution in [0.4, 0.5) is 0 Å². The van der Waals surface area contributed by atoms with Gasteiger partial charge in [-0.2, -0.15) is 4.80 Å². The molecule has 0 N–H and O–H groups in total. The Morgan fingerprint density at radius 3 is 2.67 bits per heavy atom. The number of fused-ring (bicyclic) bond motifs is 1. The number of tetrazole rings is 1. The van der Waals surface area contributed by atoms with Gasteiger partial charge in [0.25, 0.3) is 0 Å². The highest BCUT2D eigenvalue weighted by Gasteiger charge is 2.57. The summed E-state index contributed by atoms with van der Waals surface area (Å²) in [6.45, 7) is 4.29. The van der Waals surface area contributed by atoms with E-state index in [0.717, 1.165) is 5.56 Å². The third kappa shape index (κ3) is 2.82. The molecule has 2 aromatic rings. The van der Waals surface area contributed by atoms with Crippen LogP contribution in [0.15, 0.2) is 30.3 Å². The predicted octanol–water partition coefficient (Wildman–Crippen LogP) is 1.29. The Bertz CT molecular complexity index is 705.